The van der Waals surface area contributed by atoms with E-state index in [-0.39, 0.29) is 11.9 Å². The van der Waals surface area contributed by atoms with E-state index < -0.39 is 0 Å². The first-order valence-electron chi connectivity index (χ1n) is 5.24. The summed E-state index contributed by atoms with van der Waals surface area (Å²) in [6, 6.07) is -0.170. The third kappa shape index (κ3) is 3.01. The van der Waals surface area contributed by atoms with E-state index >= 15 is 0 Å². The summed E-state index contributed by atoms with van der Waals surface area (Å²) in [7, 11) is 0. The number of hydrogen-bond donors (Lipinski definition) is 1. The van der Waals surface area contributed by atoms with Crippen LogP contribution in [0.3, 0.4) is 0 Å². The van der Waals surface area contributed by atoms with E-state index in [1.165, 1.54) is 6.42 Å². The first-order chi connectivity index (χ1) is 6.61. The molecule has 4 heteroatoms. The van der Waals surface area contributed by atoms with Gasteiger partial charge in [-0.25, -0.2) is 4.79 Å². The van der Waals surface area contributed by atoms with Gasteiger partial charge in [-0.1, -0.05) is 13.8 Å². The lowest BCUT2D eigenvalue weighted by Gasteiger charge is -2.24. The van der Waals surface area contributed by atoms with E-state index in [1.807, 2.05) is 13.8 Å². The summed E-state index contributed by atoms with van der Waals surface area (Å²) in [5, 5.41) is 0. The summed E-state index contributed by atoms with van der Waals surface area (Å²) >= 11 is 0. The highest BCUT2D eigenvalue weighted by Crippen LogP contribution is 2.09. The van der Waals surface area contributed by atoms with Gasteiger partial charge in [0.2, 0.25) is 0 Å². The molecule has 4 nitrogen and oxygen atoms in total. The van der Waals surface area contributed by atoms with Crippen LogP contribution in [0.4, 0.5) is 4.79 Å². The molecular weight excluding hydrogens is 178 g/mol. The van der Waals surface area contributed by atoms with Crippen LogP contribution in [-0.4, -0.2) is 29.9 Å². The zero-order chi connectivity index (χ0) is 10.6. The molecule has 0 bridgehead atoms. The minimum Gasteiger partial charge on any atom is -0.387 e. The van der Waals surface area contributed by atoms with Crippen LogP contribution in [0.15, 0.2) is 4.99 Å². The third-order valence-corrected chi connectivity index (χ3v) is 2.44. The first kappa shape index (κ1) is 11.0. The highest BCUT2D eigenvalue weighted by atomic mass is 16.2. The molecule has 1 saturated heterocycles. The molecule has 0 aromatic carbocycles. The molecule has 1 heterocycles. The quantitative estimate of drug-likeness (QED) is 0.513. The van der Waals surface area contributed by atoms with Gasteiger partial charge in [0, 0.05) is 19.0 Å². The van der Waals surface area contributed by atoms with E-state index in [9.17, 15) is 4.79 Å². The van der Waals surface area contributed by atoms with Crippen LogP contribution in [0.2, 0.25) is 0 Å². The van der Waals surface area contributed by atoms with E-state index in [0.29, 0.717) is 5.84 Å². The van der Waals surface area contributed by atoms with Crippen molar-refractivity contribution in [3.63, 3.8) is 0 Å². The Labute approximate surface area is 85.2 Å². The van der Waals surface area contributed by atoms with Crippen molar-refractivity contribution >= 4 is 11.9 Å². The number of carbonyl (C=O) groups excluding carboxylic acids is 1. The van der Waals surface area contributed by atoms with Gasteiger partial charge in [0.15, 0.2) is 0 Å². The minimum atomic E-state index is -0.170. The van der Waals surface area contributed by atoms with Crippen LogP contribution >= 0.6 is 0 Å². The molecule has 0 spiro atoms. The summed E-state index contributed by atoms with van der Waals surface area (Å²) in [5.41, 5.74) is 5.63. The van der Waals surface area contributed by atoms with Crippen molar-refractivity contribution in [3.05, 3.63) is 0 Å². The zero-order valence-corrected chi connectivity index (χ0v) is 8.99. The molecule has 0 radical (unpaired) electrons. The maximum Gasteiger partial charge on any atom is 0.345 e. The number of likely N-dealkylation sites (tertiary alicyclic amines) is 1. The van der Waals surface area contributed by atoms with E-state index in [0.717, 1.165) is 25.9 Å². The topological polar surface area (TPSA) is 58.7 Å². The average Bonchev–Trinajstić information content (AvgIpc) is 2.19. The van der Waals surface area contributed by atoms with E-state index in [2.05, 4.69) is 4.99 Å². The van der Waals surface area contributed by atoms with Crippen LogP contribution in [0, 0.1) is 5.92 Å². The van der Waals surface area contributed by atoms with Crippen molar-refractivity contribution in [2.24, 2.45) is 16.6 Å². The number of urea groups is 1. The molecule has 0 unspecified atom stereocenters. The smallest absolute Gasteiger partial charge is 0.345 e. The van der Waals surface area contributed by atoms with Crippen molar-refractivity contribution < 1.29 is 4.79 Å². The zero-order valence-electron chi connectivity index (χ0n) is 8.99. The van der Waals surface area contributed by atoms with Crippen molar-refractivity contribution in [3.8, 4) is 0 Å². The van der Waals surface area contributed by atoms with Crippen molar-refractivity contribution in [1.29, 1.82) is 0 Å². The molecule has 0 aromatic heterocycles. The Bertz CT molecular complexity index is 230. The number of rotatable bonds is 1. The van der Waals surface area contributed by atoms with Crippen molar-refractivity contribution in [2.45, 2.75) is 33.1 Å². The van der Waals surface area contributed by atoms with Crippen LogP contribution < -0.4 is 5.73 Å². The van der Waals surface area contributed by atoms with Gasteiger partial charge in [-0.15, -0.1) is 0 Å². The number of nitrogens with zero attached hydrogens (tertiary/aromatic N) is 2. The van der Waals surface area contributed by atoms with Crippen LogP contribution in [0.5, 0.6) is 0 Å². The molecular formula is C10H19N3O. The number of amidine groups is 1. The third-order valence-electron chi connectivity index (χ3n) is 2.44. The Hall–Kier alpha value is -1.06. The Morgan fingerprint density at radius 3 is 2.36 bits per heavy atom. The highest BCUT2D eigenvalue weighted by molar-refractivity contribution is 5.93. The minimum absolute atomic E-state index is 0.142. The van der Waals surface area contributed by atoms with Crippen LogP contribution in [-0.2, 0) is 0 Å². The van der Waals surface area contributed by atoms with Gasteiger partial charge in [0.1, 0.15) is 5.84 Å². The lowest BCUT2D eigenvalue weighted by molar-refractivity contribution is 0.196. The predicted octanol–water partition coefficient (Wildman–Crippen LogP) is 1.61. The second-order valence-electron chi connectivity index (χ2n) is 4.02. The lowest BCUT2D eigenvalue weighted by Crippen LogP contribution is -2.35. The molecule has 0 atom stereocenters. The van der Waals surface area contributed by atoms with E-state index in [1.54, 1.807) is 4.90 Å². The number of nitrogens with two attached hydrogens (primary N) is 1. The molecule has 0 saturated carbocycles. The van der Waals surface area contributed by atoms with E-state index in [4.69, 9.17) is 5.73 Å². The molecule has 0 aliphatic carbocycles. The van der Waals surface area contributed by atoms with Gasteiger partial charge in [-0.05, 0) is 19.3 Å². The van der Waals surface area contributed by atoms with Gasteiger partial charge in [0.25, 0.3) is 0 Å². The highest BCUT2D eigenvalue weighted by Gasteiger charge is 2.16. The largest absolute Gasteiger partial charge is 0.387 e. The summed E-state index contributed by atoms with van der Waals surface area (Å²) < 4.78 is 0. The number of amides is 2. The molecule has 1 fully saturated rings. The molecule has 1 aliphatic rings. The van der Waals surface area contributed by atoms with Gasteiger partial charge >= 0.3 is 6.03 Å². The molecule has 0 aromatic rings. The Balaban J connectivity index is 2.51. The number of carbonyl (C=O) groups is 1. The predicted molar refractivity (Wildman–Crippen MR) is 57.3 cm³/mol. The van der Waals surface area contributed by atoms with Gasteiger partial charge in [0.05, 0.1) is 0 Å². The molecule has 1 aliphatic heterocycles. The lowest BCUT2D eigenvalue weighted by atomic mass is 10.1. The fraction of sp³-hybridized carbons (Fsp3) is 0.800. The second kappa shape index (κ2) is 4.98. The Kier molecular flexibility index (Phi) is 3.92. The standard InChI is InChI=1S/C10H19N3O/c1-8(2)9(11)12-10(14)13-6-4-3-5-7-13/h8H,3-7H2,1-2H3,(H2,11,12,14). The summed E-state index contributed by atoms with van der Waals surface area (Å²) in [4.78, 5) is 17.2. The maximum absolute atomic E-state index is 11.6. The summed E-state index contributed by atoms with van der Waals surface area (Å²) in [6.45, 7) is 5.52. The van der Waals surface area contributed by atoms with Gasteiger partial charge < -0.3 is 10.6 Å². The number of piperidine rings is 1. The Morgan fingerprint density at radius 2 is 1.86 bits per heavy atom. The monoisotopic (exact) mass is 197 g/mol. The first-order valence-corrected chi connectivity index (χ1v) is 5.24. The second-order valence-corrected chi connectivity index (χ2v) is 4.02. The number of hydrogen-bond acceptors (Lipinski definition) is 1. The molecule has 1 rings (SSSR count). The summed E-state index contributed by atoms with van der Waals surface area (Å²) in [6.07, 6.45) is 3.39. The average molecular weight is 197 g/mol. The van der Waals surface area contributed by atoms with Gasteiger partial charge in [-0.2, -0.15) is 4.99 Å². The fourth-order valence-electron chi connectivity index (χ4n) is 1.40. The van der Waals surface area contributed by atoms with Crippen molar-refractivity contribution in [1.82, 2.24) is 4.90 Å². The van der Waals surface area contributed by atoms with Crippen LogP contribution in [0.25, 0.3) is 0 Å². The van der Waals surface area contributed by atoms with Crippen molar-refractivity contribution in [2.75, 3.05) is 13.1 Å². The maximum atomic E-state index is 11.6. The fourth-order valence-corrected chi connectivity index (χ4v) is 1.40. The van der Waals surface area contributed by atoms with Crippen LogP contribution in [0.1, 0.15) is 33.1 Å². The summed E-state index contributed by atoms with van der Waals surface area (Å²) in [5.74, 6) is 0.573. The normalized spacial score (nSPS) is 18.8. The molecule has 2 N–H and O–H groups in total. The SMILES string of the molecule is CC(C)/C(N)=N/C(=O)N1CCCCC1. The molecule has 2 amide bonds. The van der Waals surface area contributed by atoms with Gasteiger partial charge in [-0.3, -0.25) is 0 Å². The Morgan fingerprint density at radius 1 is 1.29 bits per heavy atom. The molecule has 80 valence electrons. The number of aliphatic imine (C=N–C) groups is 1. The molecule has 14 heavy (non-hydrogen) atoms.